The Morgan fingerprint density at radius 1 is 0.900 bits per heavy atom. The van der Waals surface area contributed by atoms with E-state index < -0.39 is 6.04 Å². The number of carbonyl (C=O) groups excluding carboxylic acids is 2. The van der Waals surface area contributed by atoms with Crippen LogP contribution in [0.2, 0.25) is 0 Å². The van der Waals surface area contributed by atoms with E-state index in [-0.39, 0.29) is 17.9 Å². The summed E-state index contributed by atoms with van der Waals surface area (Å²) in [6.07, 6.45) is 6.80. The Hall–Kier alpha value is -3.80. The van der Waals surface area contributed by atoms with Crippen molar-refractivity contribution in [2.75, 3.05) is 13.7 Å². The summed E-state index contributed by atoms with van der Waals surface area (Å²) in [6, 6.07) is 25.1. The van der Waals surface area contributed by atoms with Crippen molar-refractivity contribution in [1.82, 2.24) is 10.2 Å². The highest BCUT2D eigenvalue weighted by Crippen LogP contribution is 2.22. The molecule has 1 aliphatic rings. The topological polar surface area (TPSA) is 67.9 Å². The van der Waals surface area contributed by atoms with Crippen molar-refractivity contribution in [2.45, 2.75) is 76.9 Å². The number of rotatable bonds is 13. The number of nitrogens with zero attached hydrogens (tertiary/aromatic N) is 1. The van der Waals surface area contributed by atoms with E-state index in [0.717, 1.165) is 53.9 Å². The highest BCUT2D eigenvalue weighted by Gasteiger charge is 2.32. The molecule has 1 atom stereocenters. The van der Waals surface area contributed by atoms with Gasteiger partial charge in [-0.3, -0.25) is 9.59 Å². The lowest BCUT2D eigenvalue weighted by Gasteiger charge is -2.34. The highest BCUT2D eigenvalue weighted by molar-refractivity contribution is 5.88. The van der Waals surface area contributed by atoms with E-state index in [9.17, 15) is 9.59 Å². The SMILES string of the molecule is COc1ccc(OCCCC(=O)N(Cc2ccccc2C)[C@@H](Cc2ccccc2)C(=O)NC2CCCCC2)cc1. The maximum atomic E-state index is 13.9. The van der Waals surface area contributed by atoms with Crippen LogP contribution in [0.4, 0.5) is 0 Å². The molecule has 2 amide bonds. The predicted octanol–water partition coefficient (Wildman–Crippen LogP) is 6.25. The van der Waals surface area contributed by atoms with Crippen LogP contribution in [0.3, 0.4) is 0 Å². The number of amides is 2. The van der Waals surface area contributed by atoms with Gasteiger partial charge >= 0.3 is 0 Å². The maximum Gasteiger partial charge on any atom is 0.243 e. The van der Waals surface area contributed by atoms with Gasteiger partial charge in [-0.15, -0.1) is 0 Å². The highest BCUT2D eigenvalue weighted by atomic mass is 16.5. The van der Waals surface area contributed by atoms with Crippen molar-refractivity contribution in [2.24, 2.45) is 0 Å². The van der Waals surface area contributed by atoms with Crippen LogP contribution in [0.25, 0.3) is 0 Å². The van der Waals surface area contributed by atoms with Gasteiger partial charge in [-0.1, -0.05) is 73.9 Å². The van der Waals surface area contributed by atoms with Crippen LogP contribution in [-0.4, -0.2) is 42.5 Å². The minimum Gasteiger partial charge on any atom is -0.497 e. The van der Waals surface area contributed by atoms with Crippen molar-refractivity contribution in [3.8, 4) is 11.5 Å². The van der Waals surface area contributed by atoms with Gasteiger partial charge < -0.3 is 19.7 Å². The molecule has 212 valence electrons. The number of aryl methyl sites for hydroxylation is 1. The normalized spacial score (nSPS) is 14.2. The molecule has 1 saturated carbocycles. The van der Waals surface area contributed by atoms with Crippen LogP contribution in [0.15, 0.2) is 78.9 Å². The molecule has 0 aliphatic heterocycles. The molecule has 40 heavy (non-hydrogen) atoms. The fourth-order valence-corrected chi connectivity index (χ4v) is 5.30. The molecule has 1 fully saturated rings. The lowest BCUT2D eigenvalue weighted by molar-refractivity contribution is -0.141. The van der Waals surface area contributed by atoms with Gasteiger partial charge in [0.05, 0.1) is 13.7 Å². The van der Waals surface area contributed by atoms with Gasteiger partial charge in [0.15, 0.2) is 0 Å². The van der Waals surface area contributed by atoms with Crippen LogP contribution in [0, 0.1) is 6.92 Å². The molecule has 0 radical (unpaired) electrons. The van der Waals surface area contributed by atoms with Crippen LogP contribution < -0.4 is 14.8 Å². The fraction of sp³-hybridized carbons (Fsp3) is 0.412. The van der Waals surface area contributed by atoms with E-state index in [1.165, 1.54) is 6.42 Å². The molecular formula is C34H42N2O4. The third-order valence-electron chi connectivity index (χ3n) is 7.69. The Kier molecular flexibility index (Phi) is 11.0. The van der Waals surface area contributed by atoms with Gasteiger partial charge in [0, 0.05) is 25.4 Å². The summed E-state index contributed by atoms with van der Waals surface area (Å²) in [6.45, 7) is 2.85. The van der Waals surface area contributed by atoms with E-state index in [1.807, 2.05) is 72.8 Å². The molecule has 0 heterocycles. The van der Waals surface area contributed by atoms with Gasteiger partial charge in [0.2, 0.25) is 11.8 Å². The second-order valence-electron chi connectivity index (χ2n) is 10.6. The molecule has 1 N–H and O–H groups in total. The first-order valence-electron chi connectivity index (χ1n) is 14.5. The molecule has 6 nitrogen and oxygen atoms in total. The summed E-state index contributed by atoms with van der Waals surface area (Å²) in [5, 5.41) is 3.31. The van der Waals surface area contributed by atoms with E-state index >= 15 is 0 Å². The Morgan fingerprint density at radius 2 is 1.57 bits per heavy atom. The Balaban J connectivity index is 1.51. The zero-order valence-corrected chi connectivity index (χ0v) is 23.8. The minimum atomic E-state index is -0.598. The zero-order chi connectivity index (χ0) is 28.2. The summed E-state index contributed by atoms with van der Waals surface area (Å²) in [5.74, 6) is 1.40. The van der Waals surface area contributed by atoms with Crippen molar-refractivity contribution in [3.05, 3.63) is 95.6 Å². The molecule has 0 unspecified atom stereocenters. The average molecular weight is 543 g/mol. The maximum absolute atomic E-state index is 13.9. The molecule has 3 aromatic rings. The van der Waals surface area contributed by atoms with Crippen molar-refractivity contribution in [3.63, 3.8) is 0 Å². The lowest BCUT2D eigenvalue weighted by Crippen LogP contribution is -2.52. The first-order chi connectivity index (χ1) is 19.5. The summed E-state index contributed by atoms with van der Waals surface area (Å²) in [5.41, 5.74) is 3.19. The molecule has 0 spiro atoms. The number of carbonyl (C=O) groups is 2. The molecule has 1 aliphatic carbocycles. The Labute approximate surface area is 238 Å². The van der Waals surface area contributed by atoms with Gasteiger partial charge in [0.1, 0.15) is 17.5 Å². The largest absolute Gasteiger partial charge is 0.497 e. The van der Waals surface area contributed by atoms with Gasteiger partial charge in [-0.25, -0.2) is 0 Å². The Bertz CT molecular complexity index is 1210. The second-order valence-corrected chi connectivity index (χ2v) is 10.6. The number of benzene rings is 3. The second kappa shape index (κ2) is 15.1. The predicted molar refractivity (Wildman–Crippen MR) is 158 cm³/mol. The first-order valence-corrected chi connectivity index (χ1v) is 14.5. The first kappa shape index (κ1) is 29.2. The van der Waals surface area contributed by atoms with Crippen molar-refractivity contribution < 1.29 is 19.1 Å². The summed E-state index contributed by atoms with van der Waals surface area (Å²) < 4.78 is 11.1. The quantitative estimate of drug-likeness (QED) is 0.259. The van der Waals surface area contributed by atoms with Gasteiger partial charge in [-0.2, -0.15) is 0 Å². The lowest BCUT2D eigenvalue weighted by atomic mass is 9.94. The number of methoxy groups -OCH3 is 1. The molecule has 3 aromatic carbocycles. The Morgan fingerprint density at radius 3 is 2.27 bits per heavy atom. The van der Waals surface area contributed by atoms with Crippen LogP contribution in [-0.2, 0) is 22.6 Å². The van der Waals surface area contributed by atoms with Gasteiger partial charge in [0.25, 0.3) is 0 Å². The van der Waals surface area contributed by atoms with E-state index in [2.05, 4.69) is 18.3 Å². The number of hydrogen-bond donors (Lipinski definition) is 1. The zero-order valence-electron chi connectivity index (χ0n) is 23.8. The summed E-state index contributed by atoms with van der Waals surface area (Å²) >= 11 is 0. The third kappa shape index (κ3) is 8.60. The number of hydrogen-bond acceptors (Lipinski definition) is 4. The van der Waals surface area contributed by atoms with Crippen molar-refractivity contribution >= 4 is 11.8 Å². The molecular weight excluding hydrogens is 500 g/mol. The van der Waals surface area contributed by atoms with E-state index in [0.29, 0.717) is 32.4 Å². The number of nitrogens with one attached hydrogen (secondary N) is 1. The van der Waals surface area contributed by atoms with E-state index in [1.54, 1.807) is 12.0 Å². The molecule has 0 saturated heterocycles. The van der Waals surface area contributed by atoms with Crippen molar-refractivity contribution in [1.29, 1.82) is 0 Å². The van der Waals surface area contributed by atoms with Gasteiger partial charge in [-0.05, 0) is 67.1 Å². The standard InChI is InChI=1S/C34H42N2O4/c1-26-12-9-10-15-28(26)25-36(33(37)18-11-23-40-31-21-19-30(39-2)20-22-31)32(24-27-13-5-3-6-14-27)34(38)35-29-16-7-4-8-17-29/h3,5-6,9-10,12-15,19-22,29,32H,4,7-8,11,16-18,23-25H2,1-2H3,(H,35,38)/t32-/m0/s1. The van der Waals surface area contributed by atoms with Crippen LogP contribution >= 0.6 is 0 Å². The van der Waals surface area contributed by atoms with Crippen LogP contribution in [0.5, 0.6) is 11.5 Å². The summed E-state index contributed by atoms with van der Waals surface area (Å²) in [4.78, 5) is 29.5. The van der Waals surface area contributed by atoms with E-state index in [4.69, 9.17) is 9.47 Å². The third-order valence-corrected chi connectivity index (χ3v) is 7.69. The molecule has 6 heteroatoms. The minimum absolute atomic E-state index is 0.0405. The monoisotopic (exact) mass is 542 g/mol. The molecule has 4 rings (SSSR count). The molecule has 0 bridgehead atoms. The average Bonchev–Trinajstić information content (AvgIpc) is 2.99. The van der Waals surface area contributed by atoms with Crippen LogP contribution in [0.1, 0.15) is 61.6 Å². The smallest absolute Gasteiger partial charge is 0.243 e. The molecule has 0 aromatic heterocycles. The fourth-order valence-electron chi connectivity index (χ4n) is 5.30. The summed E-state index contributed by atoms with van der Waals surface area (Å²) in [7, 11) is 1.63. The number of ether oxygens (including phenoxy) is 2.